The number of cyclic esters (lactones) is 1. The van der Waals surface area contributed by atoms with Crippen LogP contribution in [0.1, 0.15) is 13.3 Å². The molecule has 4 rings (SSSR count). The number of hydrogen-bond acceptors (Lipinski definition) is 8. The first-order valence-electron chi connectivity index (χ1n) is 6.80. The van der Waals surface area contributed by atoms with Gasteiger partial charge in [-0.3, -0.25) is 4.79 Å². The highest BCUT2D eigenvalue weighted by molar-refractivity contribution is 8.00. The second-order valence-corrected chi connectivity index (χ2v) is 6.18. The molecular weight excluding hydrogens is 308 g/mol. The quantitative estimate of drug-likeness (QED) is 0.796. The van der Waals surface area contributed by atoms with Crippen LogP contribution in [0.5, 0.6) is 11.5 Å². The Kier molecular flexibility index (Phi) is 3.18. The molecular formula is C14H12N2O5S. The van der Waals surface area contributed by atoms with Crippen molar-refractivity contribution < 1.29 is 23.4 Å². The predicted molar refractivity (Wildman–Crippen MR) is 75.7 cm³/mol. The maximum Gasteiger partial charge on any atom is 0.320 e. The van der Waals surface area contributed by atoms with Crippen molar-refractivity contribution in [2.75, 3.05) is 6.79 Å². The number of esters is 1. The van der Waals surface area contributed by atoms with Crippen molar-refractivity contribution in [1.82, 2.24) is 10.2 Å². The third-order valence-electron chi connectivity index (χ3n) is 3.40. The maximum atomic E-state index is 11.6. The number of carbonyl (C=O) groups is 1. The number of carbonyl (C=O) groups excluding carboxylic acids is 1. The smallest absolute Gasteiger partial charge is 0.320 e. The van der Waals surface area contributed by atoms with Gasteiger partial charge in [0.2, 0.25) is 12.7 Å². The summed E-state index contributed by atoms with van der Waals surface area (Å²) in [5, 5.41) is 8.05. The van der Waals surface area contributed by atoms with Crippen molar-refractivity contribution in [2.45, 2.75) is 29.9 Å². The summed E-state index contributed by atoms with van der Waals surface area (Å²) in [4.78, 5) is 11.6. The monoisotopic (exact) mass is 320 g/mol. The molecule has 8 heteroatoms. The lowest BCUT2D eigenvalue weighted by Gasteiger charge is -2.00. The van der Waals surface area contributed by atoms with Gasteiger partial charge in [-0.25, -0.2) is 0 Å². The van der Waals surface area contributed by atoms with Crippen LogP contribution in [0, 0.1) is 0 Å². The molecule has 22 heavy (non-hydrogen) atoms. The number of rotatable bonds is 3. The van der Waals surface area contributed by atoms with Gasteiger partial charge < -0.3 is 18.6 Å². The van der Waals surface area contributed by atoms with Crippen LogP contribution in [-0.2, 0) is 9.53 Å². The first-order valence-corrected chi connectivity index (χ1v) is 7.68. The zero-order valence-corrected chi connectivity index (χ0v) is 12.5. The lowest BCUT2D eigenvalue weighted by atomic mass is 10.2. The average molecular weight is 320 g/mol. The van der Waals surface area contributed by atoms with Gasteiger partial charge in [0.25, 0.3) is 5.22 Å². The van der Waals surface area contributed by atoms with Gasteiger partial charge >= 0.3 is 5.97 Å². The zero-order chi connectivity index (χ0) is 15.1. The molecule has 0 amide bonds. The maximum absolute atomic E-state index is 11.6. The molecule has 0 aliphatic carbocycles. The minimum Gasteiger partial charge on any atom is -0.462 e. The van der Waals surface area contributed by atoms with Crippen molar-refractivity contribution >= 4 is 17.7 Å². The van der Waals surface area contributed by atoms with Gasteiger partial charge in [0.05, 0.1) is 0 Å². The fourth-order valence-electron chi connectivity index (χ4n) is 2.34. The third kappa shape index (κ3) is 2.39. The van der Waals surface area contributed by atoms with E-state index >= 15 is 0 Å². The summed E-state index contributed by atoms with van der Waals surface area (Å²) >= 11 is 1.23. The van der Waals surface area contributed by atoms with E-state index in [2.05, 4.69) is 10.2 Å². The Morgan fingerprint density at radius 2 is 2.09 bits per heavy atom. The van der Waals surface area contributed by atoms with Crippen molar-refractivity contribution in [3.8, 4) is 23.0 Å². The average Bonchev–Trinajstić information content (AvgIpc) is 3.19. The Labute approximate surface area is 129 Å². The molecule has 114 valence electrons. The molecule has 0 radical (unpaired) electrons. The molecule has 7 nitrogen and oxygen atoms in total. The Morgan fingerprint density at radius 1 is 1.23 bits per heavy atom. The summed E-state index contributed by atoms with van der Waals surface area (Å²) in [5.74, 6) is 1.49. The first-order chi connectivity index (χ1) is 10.7. The third-order valence-corrected chi connectivity index (χ3v) is 4.43. The number of benzene rings is 1. The van der Waals surface area contributed by atoms with E-state index in [1.807, 2.05) is 13.0 Å². The Balaban J connectivity index is 1.53. The van der Waals surface area contributed by atoms with E-state index in [0.717, 1.165) is 5.56 Å². The van der Waals surface area contributed by atoms with E-state index in [4.69, 9.17) is 18.6 Å². The number of nitrogens with zero attached hydrogens (tertiary/aromatic N) is 2. The van der Waals surface area contributed by atoms with Gasteiger partial charge in [0, 0.05) is 12.0 Å². The van der Waals surface area contributed by atoms with Crippen LogP contribution in [0.4, 0.5) is 0 Å². The summed E-state index contributed by atoms with van der Waals surface area (Å²) in [6, 6.07) is 5.41. The lowest BCUT2D eigenvalue weighted by molar-refractivity contribution is -0.140. The molecule has 2 aromatic rings. The Morgan fingerprint density at radius 3 is 2.91 bits per heavy atom. The highest BCUT2D eigenvalue weighted by Gasteiger charge is 2.34. The lowest BCUT2D eigenvalue weighted by Crippen LogP contribution is -2.09. The highest BCUT2D eigenvalue weighted by Crippen LogP contribution is 2.37. The topological polar surface area (TPSA) is 83.7 Å². The minimum absolute atomic E-state index is 0.0683. The molecule has 1 aromatic heterocycles. The molecule has 2 aliphatic heterocycles. The van der Waals surface area contributed by atoms with Crippen LogP contribution in [0.3, 0.4) is 0 Å². The Bertz CT molecular complexity index is 732. The van der Waals surface area contributed by atoms with Crippen LogP contribution in [0.25, 0.3) is 11.5 Å². The fourth-order valence-corrected chi connectivity index (χ4v) is 3.32. The van der Waals surface area contributed by atoms with Gasteiger partial charge in [-0.05, 0) is 36.9 Å². The molecule has 1 aromatic carbocycles. The van der Waals surface area contributed by atoms with Crippen molar-refractivity contribution in [1.29, 1.82) is 0 Å². The summed E-state index contributed by atoms with van der Waals surface area (Å²) in [6.45, 7) is 2.08. The van der Waals surface area contributed by atoms with E-state index in [9.17, 15) is 4.79 Å². The predicted octanol–water partition coefficient (Wildman–Crippen LogP) is 2.26. The zero-order valence-electron chi connectivity index (χ0n) is 11.6. The number of aromatic nitrogens is 2. The number of thioether (sulfide) groups is 1. The van der Waals surface area contributed by atoms with Gasteiger partial charge in [-0.15, -0.1) is 10.2 Å². The standard InChI is InChI=1S/C14H12N2O5S/c1-7-4-11(13(17)20-7)22-14-16-15-12(21-14)8-2-3-9-10(5-8)19-6-18-9/h2-3,5,7,11H,4,6H2,1H3/t7-,11-/m0/s1. The molecule has 0 unspecified atom stereocenters. The van der Waals surface area contributed by atoms with E-state index in [-0.39, 0.29) is 24.1 Å². The summed E-state index contributed by atoms with van der Waals surface area (Å²) in [7, 11) is 0. The summed E-state index contributed by atoms with van der Waals surface area (Å²) in [5.41, 5.74) is 0.742. The van der Waals surface area contributed by atoms with E-state index in [1.54, 1.807) is 12.1 Å². The second kappa shape index (κ2) is 5.20. The SMILES string of the molecule is C[C@H]1C[C@H](Sc2nnc(-c3ccc4c(c3)OCO4)o2)C(=O)O1. The van der Waals surface area contributed by atoms with Crippen LogP contribution >= 0.6 is 11.8 Å². The van der Waals surface area contributed by atoms with Gasteiger partial charge in [-0.2, -0.15) is 0 Å². The van der Waals surface area contributed by atoms with Crippen LogP contribution in [-0.4, -0.2) is 34.3 Å². The highest BCUT2D eigenvalue weighted by atomic mass is 32.2. The first kappa shape index (κ1) is 13.4. The summed E-state index contributed by atoms with van der Waals surface area (Å²) < 4.78 is 21.3. The van der Waals surface area contributed by atoms with Crippen LogP contribution in [0.2, 0.25) is 0 Å². The van der Waals surface area contributed by atoms with Gasteiger partial charge in [0.1, 0.15) is 11.4 Å². The van der Waals surface area contributed by atoms with Crippen LogP contribution in [0.15, 0.2) is 27.8 Å². The number of hydrogen-bond donors (Lipinski definition) is 0. The fraction of sp³-hybridized carbons (Fsp3) is 0.357. The van der Waals surface area contributed by atoms with Crippen molar-refractivity contribution in [3.63, 3.8) is 0 Å². The normalized spacial score (nSPS) is 22.9. The van der Waals surface area contributed by atoms with Crippen LogP contribution < -0.4 is 9.47 Å². The number of fused-ring (bicyclic) bond motifs is 1. The largest absolute Gasteiger partial charge is 0.462 e. The molecule has 0 bridgehead atoms. The molecule has 0 spiro atoms. The number of ether oxygens (including phenoxy) is 3. The Hall–Kier alpha value is -2.22. The van der Waals surface area contributed by atoms with Gasteiger partial charge in [0.15, 0.2) is 11.5 Å². The van der Waals surface area contributed by atoms with Crippen molar-refractivity contribution in [3.05, 3.63) is 18.2 Å². The van der Waals surface area contributed by atoms with E-state index in [1.165, 1.54) is 11.8 Å². The summed E-state index contributed by atoms with van der Waals surface area (Å²) in [6.07, 6.45) is 0.576. The van der Waals surface area contributed by atoms with E-state index in [0.29, 0.717) is 29.0 Å². The van der Waals surface area contributed by atoms with E-state index < -0.39 is 0 Å². The minimum atomic E-state index is -0.292. The molecule has 2 aliphatic rings. The molecule has 0 N–H and O–H groups in total. The molecule has 2 atom stereocenters. The van der Waals surface area contributed by atoms with Gasteiger partial charge in [-0.1, -0.05) is 0 Å². The molecule has 0 saturated carbocycles. The molecule has 1 saturated heterocycles. The molecule has 1 fully saturated rings. The second-order valence-electron chi connectivity index (χ2n) is 5.03. The molecule has 3 heterocycles. The van der Waals surface area contributed by atoms with Crippen molar-refractivity contribution in [2.24, 2.45) is 0 Å².